The van der Waals surface area contributed by atoms with E-state index in [1.165, 1.54) is 4.68 Å². The minimum Gasteiger partial charge on any atom is -0.383 e. The lowest BCUT2D eigenvalue weighted by atomic mass is 10.1. The molecule has 0 spiro atoms. The summed E-state index contributed by atoms with van der Waals surface area (Å²) < 4.78 is 6.16. The maximum atomic E-state index is 12.3. The van der Waals surface area contributed by atoms with Crippen molar-refractivity contribution >= 4 is 16.7 Å². The van der Waals surface area contributed by atoms with Crippen LogP contribution >= 0.6 is 0 Å². The summed E-state index contributed by atoms with van der Waals surface area (Å²) in [5, 5.41) is 8.35. The summed E-state index contributed by atoms with van der Waals surface area (Å²) in [6.45, 7) is 3.98. The Morgan fingerprint density at radius 1 is 1.38 bits per heavy atom. The highest BCUT2D eigenvalue weighted by Crippen LogP contribution is 2.11. The number of aromatic nitrogens is 2. The fourth-order valence-electron chi connectivity index (χ4n) is 2.26. The maximum absolute atomic E-state index is 12.3. The minimum absolute atomic E-state index is 0.0986. The van der Waals surface area contributed by atoms with Crippen LogP contribution < -0.4 is 10.9 Å². The fraction of sp³-hybridized carbons (Fsp3) is 0.400. The van der Waals surface area contributed by atoms with Crippen LogP contribution in [0.3, 0.4) is 0 Å². The van der Waals surface area contributed by atoms with Crippen molar-refractivity contribution < 1.29 is 9.53 Å². The fourth-order valence-corrected chi connectivity index (χ4v) is 2.26. The molecular weight excluding hydrogens is 270 g/mol. The number of hydrogen-bond donors (Lipinski definition) is 1. The van der Waals surface area contributed by atoms with Gasteiger partial charge in [0.1, 0.15) is 6.54 Å². The van der Waals surface area contributed by atoms with Crippen LogP contribution in [0.2, 0.25) is 0 Å². The second-order valence-electron chi connectivity index (χ2n) is 5.02. The van der Waals surface area contributed by atoms with E-state index >= 15 is 0 Å². The van der Waals surface area contributed by atoms with Crippen LogP contribution in [0.25, 0.3) is 10.8 Å². The average Bonchev–Trinajstić information content (AvgIpc) is 2.44. The zero-order valence-corrected chi connectivity index (χ0v) is 12.4. The van der Waals surface area contributed by atoms with E-state index in [0.717, 1.165) is 11.1 Å². The Balaban J connectivity index is 2.25. The summed E-state index contributed by atoms with van der Waals surface area (Å²) >= 11 is 0. The first-order chi connectivity index (χ1) is 10.0. The van der Waals surface area contributed by atoms with Gasteiger partial charge in [0, 0.05) is 18.5 Å². The summed E-state index contributed by atoms with van der Waals surface area (Å²) in [6, 6.07) is 7.15. The zero-order chi connectivity index (χ0) is 15.4. The van der Waals surface area contributed by atoms with Gasteiger partial charge in [-0.05, 0) is 19.9 Å². The summed E-state index contributed by atoms with van der Waals surface area (Å²) in [5.74, 6) is -0.260. The van der Waals surface area contributed by atoms with Gasteiger partial charge in [0.05, 0.1) is 17.7 Å². The number of hydrogen-bond acceptors (Lipinski definition) is 4. The molecule has 0 saturated heterocycles. The minimum atomic E-state index is -0.260. The largest absolute Gasteiger partial charge is 0.383 e. The lowest BCUT2D eigenvalue weighted by Gasteiger charge is -2.13. The summed E-state index contributed by atoms with van der Waals surface area (Å²) in [6.07, 6.45) is 0. The van der Waals surface area contributed by atoms with Crippen molar-refractivity contribution in [1.29, 1.82) is 0 Å². The summed E-state index contributed by atoms with van der Waals surface area (Å²) in [4.78, 5) is 24.3. The van der Waals surface area contributed by atoms with E-state index < -0.39 is 0 Å². The zero-order valence-electron chi connectivity index (χ0n) is 12.4. The molecular formula is C15H19N3O3. The van der Waals surface area contributed by atoms with E-state index in [-0.39, 0.29) is 24.1 Å². The number of carbonyl (C=O) groups is 1. The van der Waals surface area contributed by atoms with Crippen molar-refractivity contribution in [2.45, 2.75) is 26.4 Å². The number of benzene rings is 1. The number of carbonyl (C=O) groups excluding carboxylic acids is 1. The molecule has 1 amide bonds. The molecule has 0 unspecified atom stereocenters. The number of amides is 1. The molecule has 0 aliphatic rings. The van der Waals surface area contributed by atoms with Crippen LogP contribution in [0.4, 0.5) is 0 Å². The Labute approximate surface area is 122 Å². The van der Waals surface area contributed by atoms with Gasteiger partial charge in [0.25, 0.3) is 5.56 Å². The molecule has 1 heterocycles. The van der Waals surface area contributed by atoms with Crippen molar-refractivity contribution in [3.05, 3.63) is 40.3 Å². The van der Waals surface area contributed by atoms with Gasteiger partial charge in [-0.15, -0.1) is 0 Å². The van der Waals surface area contributed by atoms with Crippen molar-refractivity contribution in [3.8, 4) is 0 Å². The Bertz CT molecular complexity index is 709. The van der Waals surface area contributed by atoms with E-state index in [4.69, 9.17) is 4.74 Å². The molecule has 1 aromatic heterocycles. The van der Waals surface area contributed by atoms with Gasteiger partial charge in [-0.25, -0.2) is 4.68 Å². The number of fused-ring (bicyclic) bond motifs is 1. The number of nitrogens with one attached hydrogen (secondary N) is 1. The number of nitrogens with zero attached hydrogens (tertiary/aromatic N) is 2. The van der Waals surface area contributed by atoms with Crippen LogP contribution in [0, 0.1) is 6.92 Å². The standard InChI is InChI=1S/C15H19N3O3/c1-10(9-21-3)16-14(19)8-18-15(20)13-7-5-4-6-12(13)11(2)17-18/h4-7,10H,8-9H2,1-3H3,(H,16,19)/t10-/m1/s1. The molecule has 1 aromatic carbocycles. The van der Waals surface area contributed by atoms with Crippen molar-refractivity contribution in [3.63, 3.8) is 0 Å². The molecule has 2 rings (SSSR count). The summed E-state index contributed by atoms with van der Waals surface area (Å²) in [7, 11) is 1.57. The lowest BCUT2D eigenvalue weighted by Crippen LogP contribution is -2.40. The monoisotopic (exact) mass is 289 g/mol. The summed E-state index contributed by atoms with van der Waals surface area (Å²) in [5.41, 5.74) is 0.466. The molecule has 1 N–H and O–H groups in total. The molecule has 0 bridgehead atoms. The smallest absolute Gasteiger partial charge is 0.275 e. The first-order valence-electron chi connectivity index (χ1n) is 6.77. The van der Waals surface area contributed by atoms with Crippen LogP contribution in [-0.2, 0) is 16.1 Å². The van der Waals surface area contributed by atoms with Crippen LogP contribution in [0.15, 0.2) is 29.1 Å². The van der Waals surface area contributed by atoms with Gasteiger partial charge in [0.2, 0.25) is 5.91 Å². The highest BCUT2D eigenvalue weighted by atomic mass is 16.5. The van der Waals surface area contributed by atoms with Crippen LogP contribution in [0.5, 0.6) is 0 Å². The Hall–Kier alpha value is -2.21. The molecule has 1 atom stereocenters. The number of rotatable bonds is 5. The Morgan fingerprint density at radius 2 is 2.05 bits per heavy atom. The van der Waals surface area contributed by atoms with E-state index in [0.29, 0.717) is 12.0 Å². The SMILES string of the molecule is COC[C@@H](C)NC(=O)Cn1nc(C)c2ccccc2c1=O. The number of aryl methyl sites for hydroxylation is 1. The van der Waals surface area contributed by atoms with Crippen molar-refractivity contribution in [2.75, 3.05) is 13.7 Å². The van der Waals surface area contributed by atoms with Crippen LogP contribution in [0.1, 0.15) is 12.6 Å². The number of ether oxygens (including phenoxy) is 1. The van der Waals surface area contributed by atoms with Gasteiger partial charge >= 0.3 is 0 Å². The molecule has 0 fully saturated rings. The van der Waals surface area contributed by atoms with Crippen LogP contribution in [-0.4, -0.2) is 35.4 Å². The highest BCUT2D eigenvalue weighted by Gasteiger charge is 2.12. The van der Waals surface area contributed by atoms with Gasteiger partial charge in [-0.3, -0.25) is 9.59 Å². The van der Waals surface area contributed by atoms with Crippen molar-refractivity contribution in [2.24, 2.45) is 0 Å². The first-order valence-corrected chi connectivity index (χ1v) is 6.77. The third-order valence-electron chi connectivity index (χ3n) is 3.17. The highest BCUT2D eigenvalue weighted by molar-refractivity contribution is 5.83. The van der Waals surface area contributed by atoms with E-state index in [2.05, 4.69) is 10.4 Å². The predicted molar refractivity (Wildman–Crippen MR) is 80.2 cm³/mol. The second-order valence-corrected chi connectivity index (χ2v) is 5.02. The number of methoxy groups -OCH3 is 1. The molecule has 6 nitrogen and oxygen atoms in total. The van der Waals surface area contributed by atoms with Gasteiger partial charge in [-0.2, -0.15) is 5.10 Å². The Kier molecular flexibility index (Phi) is 4.70. The molecule has 0 aliphatic heterocycles. The molecule has 21 heavy (non-hydrogen) atoms. The quantitative estimate of drug-likeness (QED) is 0.886. The topological polar surface area (TPSA) is 73.2 Å². The Morgan fingerprint density at radius 3 is 2.71 bits per heavy atom. The molecule has 6 heteroatoms. The van der Waals surface area contributed by atoms with Gasteiger partial charge < -0.3 is 10.1 Å². The van der Waals surface area contributed by atoms with Gasteiger partial charge in [0.15, 0.2) is 0 Å². The molecule has 0 radical (unpaired) electrons. The molecule has 112 valence electrons. The van der Waals surface area contributed by atoms with Gasteiger partial charge in [-0.1, -0.05) is 18.2 Å². The molecule has 2 aromatic rings. The van der Waals surface area contributed by atoms with E-state index in [9.17, 15) is 9.59 Å². The van der Waals surface area contributed by atoms with Crippen molar-refractivity contribution in [1.82, 2.24) is 15.1 Å². The first kappa shape index (κ1) is 15.2. The third-order valence-corrected chi connectivity index (χ3v) is 3.17. The second kappa shape index (κ2) is 6.49. The average molecular weight is 289 g/mol. The third kappa shape index (κ3) is 3.46. The molecule has 0 aliphatic carbocycles. The lowest BCUT2D eigenvalue weighted by molar-refractivity contribution is -0.122. The maximum Gasteiger partial charge on any atom is 0.275 e. The van der Waals surface area contributed by atoms with E-state index in [1.807, 2.05) is 26.0 Å². The molecule has 0 saturated carbocycles. The normalized spacial score (nSPS) is 12.3. The van der Waals surface area contributed by atoms with E-state index in [1.54, 1.807) is 19.2 Å². The predicted octanol–water partition coefficient (Wildman–Crippen LogP) is 0.856.